The van der Waals surface area contributed by atoms with Crippen LogP contribution in [0.2, 0.25) is 0 Å². The molecule has 1 heterocycles. The maximum atomic E-state index is 11.3. The Hall–Kier alpha value is -1.52. The first-order chi connectivity index (χ1) is 6.52. The largest absolute Gasteiger partial charge is 0.336 e. The number of hydrogen-bond donors (Lipinski definition) is 1. The number of nitrogens with zero attached hydrogens (tertiary/aromatic N) is 3. The Kier molecular flexibility index (Phi) is 3.11. The third-order valence-electron chi connectivity index (χ3n) is 1.99. The smallest absolute Gasteiger partial charge is 0.317 e. The van der Waals surface area contributed by atoms with Crippen LogP contribution in [0.5, 0.6) is 0 Å². The minimum absolute atomic E-state index is 0.0788. The summed E-state index contributed by atoms with van der Waals surface area (Å²) in [5.41, 5.74) is 0. The fourth-order valence-corrected chi connectivity index (χ4v) is 1.17. The van der Waals surface area contributed by atoms with E-state index in [-0.39, 0.29) is 12.1 Å². The second-order valence-corrected chi connectivity index (χ2v) is 3.46. The molecule has 0 spiro atoms. The number of carbonyl (C=O) groups is 1. The quantitative estimate of drug-likeness (QED) is 0.759. The van der Waals surface area contributed by atoms with Crippen molar-refractivity contribution in [3.8, 4) is 0 Å². The van der Waals surface area contributed by atoms with Crippen LogP contribution in [0.1, 0.15) is 18.8 Å². The first-order valence-corrected chi connectivity index (χ1v) is 4.47. The van der Waals surface area contributed by atoms with Crippen molar-refractivity contribution in [2.24, 2.45) is 7.05 Å². The van der Waals surface area contributed by atoms with Crippen LogP contribution >= 0.6 is 0 Å². The Labute approximate surface area is 83.7 Å². The monoisotopic (exact) mass is 196 g/mol. The summed E-state index contributed by atoms with van der Waals surface area (Å²) in [5, 5.41) is 2.83. The van der Waals surface area contributed by atoms with E-state index in [0.29, 0.717) is 0 Å². The summed E-state index contributed by atoms with van der Waals surface area (Å²) in [5.74, 6) is 0.847. The highest BCUT2D eigenvalue weighted by molar-refractivity contribution is 5.73. The summed E-state index contributed by atoms with van der Waals surface area (Å²) in [7, 11) is 5.32. The zero-order valence-electron chi connectivity index (χ0n) is 8.98. The molecule has 0 aliphatic rings. The molecular weight excluding hydrogens is 180 g/mol. The van der Waals surface area contributed by atoms with Crippen LogP contribution in [0.3, 0.4) is 0 Å². The summed E-state index contributed by atoms with van der Waals surface area (Å²) in [6, 6.07) is -0.189. The summed E-state index contributed by atoms with van der Waals surface area (Å²) in [6.45, 7) is 1.91. The molecule has 0 aliphatic heterocycles. The maximum absolute atomic E-state index is 11.3. The lowest BCUT2D eigenvalue weighted by Gasteiger charge is -2.17. The van der Waals surface area contributed by atoms with Gasteiger partial charge in [-0.2, -0.15) is 0 Å². The molecule has 1 rings (SSSR count). The van der Waals surface area contributed by atoms with Crippen molar-refractivity contribution in [3.05, 3.63) is 18.2 Å². The summed E-state index contributed by atoms with van der Waals surface area (Å²) >= 11 is 0. The highest BCUT2D eigenvalue weighted by Crippen LogP contribution is 2.08. The second-order valence-electron chi connectivity index (χ2n) is 3.46. The molecule has 0 saturated carbocycles. The van der Waals surface area contributed by atoms with E-state index in [0.717, 1.165) is 5.82 Å². The topological polar surface area (TPSA) is 50.2 Å². The molecule has 0 radical (unpaired) electrons. The lowest BCUT2D eigenvalue weighted by Crippen LogP contribution is -2.36. The van der Waals surface area contributed by atoms with Gasteiger partial charge in [0, 0.05) is 33.5 Å². The molecule has 1 unspecified atom stereocenters. The van der Waals surface area contributed by atoms with Crippen LogP contribution in [-0.4, -0.2) is 34.6 Å². The van der Waals surface area contributed by atoms with E-state index in [4.69, 9.17) is 0 Å². The Morgan fingerprint density at radius 3 is 2.71 bits per heavy atom. The average molecular weight is 196 g/mol. The zero-order valence-corrected chi connectivity index (χ0v) is 8.98. The lowest BCUT2D eigenvalue weighted by atomic mass is 10.3. The van der Waals surface area contributed by atoms with Gasteiger partial charge >= 0.3 is 6.03 Å². The van der Waals surface area contributed by atoms with Gasteiger partial charge in [0.05, 0.1) is 6.04 Å². The average Bonchev–Trinajstić information content (AvgIpc) is 2.51. The fraction of sp³-hybridized carbons (Fsp3) is 0.556. The Bertz CT molecular complexity index is 318. The van der Waals surface area contributed by atoms with Gasteiger partial charge in [-0.3, -0.25) is 0 Å². The first-order valence-electron chi connectivity index (χ1n) is 4.47. The van der Waals surface area contributed by atoms with Crippen molar-refractivity contribution >= 4 is 6.03 Å². The number of nitrogens with one attached hydrogen (secondary N) is 1. The number of rotatable bonds is 2. The van der Waals surface area contributed by atoms with Gasteiger partial charge in [-0.1, -0.05) is 0 Å². The molecule has 1 atom stereocenters. The van der Waals surface area contributed by atoms with Crippen molar-refractivity contribution in [1.82, 2.24) is 19.8 Å². The molecular formula is C9H16N4O. The van der Waals surface area contributed by atoms with Crippen LogP contribution in [0, 0.1) is 0 Å². The molecule has 78 valence electrons. The Morgan fingerprint density at radius 1 is 1.64 bits per heavy atom. The van der Waals surface area contributed by atoms with Crippen molar-refractivity contribution in [2.45, 2.75) is 13.0 Å². The van der Waals surface area contributed by atoms with Gasteiger partial charge < -0.3 is 14.8 Å². The molecule has 1 aromatic heterocycles. The SMILES string of the molecule is CC(NC(=O)N(C)C)c1nccn1C. The third-order valence-corrected chi connectivity index (χ3v) is 1.99. The van der Waals surface area contributed by atoms with E-state index in [1.165, 1.54) is 4.90 Å². The van der Waals surface area contributed by atoms with Gasteiger partial charge in [-0.05, 0) is 6.92 Å². The maximum Gasteiger partial charge on any atom is 0.317 e. The minimum atomic E-state index is -0.111. The van der Waals surface area contributed by atoms with Gasteiger partial charge in [-0.15, -0.1) is 0 Å². The van der Waals surface area contributed by atoms with Crippen LogP contribution in [0.25, 0.3) is 0 Å². The highest BCUT2D eigenvalue weighted by Gasteiger charge is 2.13. The number of amides is 2. The molecule has 1 N–H and O–H groups in total. The van der Waals surface area contributed by atoms with Crippen LogP contribution in [-0.2, 0) is 7.05 Å². The molecule has 0 saturated heterocycles. The minimum Gasteiger partial charge on any atom is -0.336 e. The third kappa shape index (κ3) is 2.25. The van der Waals surface area contributed by atoms with Crippen molar-refractivity contribution in [3.63, 3.8) is 0 Å². The molecule has 2 amide bonds. The van der Waals surface area contributed by atoms with Gasteiger partial charge in [-0.25, -0.2) is 9.78 Å². The Morgan fingerprint density at radius 2 is 2.29 bits per heavy atom. The number of imidazole rings is 1. The predicted molar refractivity (Wildman–Crippen MR) is 53.8 cm³/mol. The first kappa shape index (κ1) is 10.6. The summed E-state index contributed by atoms with van der Waals surface area (Å²) in [4.78, 5) is 17.0. The van der Waals surface area contributed by atoms with E-state index in [9.17, 15) is 4.79 Å². The molecule has 1 aromatic rings. The van der Waals surface area contributed by atoms with Crippen molar-refractivity contribution in [2.75, 3.05) is 14.1 Å². The van der Waals surface area contributed by atoms with Crippen LogP contribution in [0.15, 0.2) is 12.4 Å². The normalized spacial score (nSPS) is 12.3. The molecule has 0 aromatic carbocycles. The number of urea groups is 1. The molecule has 0 fully saturated rings. The van der Waals surface area contributed by atoms with Gasteiger partial charge in [0.15, 0.2) is 0 Å². The Balaban J connectivity index is 2.64. The van der Waals surface area contributed by atoms with Gasteiger partial charge in [0.25, 0.3) is 0 Å². The van der Waals surface area contributed by atoms with E-state index in [1.807, 2.05) is 24.7 Å². The highest BCUT2D eigenvalue weighted by atomic mass is 16.2. The van der Waals surface area contributed by atoms with E-state index in [1.54, 1.807) is 20.3 Å². The number of carbonyl (C=O) groups excluding carboxylic acids is 1. The van der Waals surface area contributed by atoms with Crippen molar-refractivity contribution in [1.29, 1.82) is 0 Å². The fourth-order valence-electron chi connectivity index (χ4n) is 1.17. The number of hydrogen-bond acceptors (Lipinski definition) is 2. The molecule has 5 nitrogen and oxygen atoms in total. The van der Waals surface area contributed by atoms with Crippen LogP contribution in [0.4, 0.5) is 4.79 Å². The standard InChI is InChI=1S/C9H16N4O/c1-7(11-9(14)12(2)3)8-10-5-6-13(8)4/h5-7H,1-4H3,(H,11,14). The van der Waals surface area contributed by atoms with Crippen molar-refractivity contribution < 1.29 is 4.79 Å². The lowest BCUT2D eigenvalue weighted by molar-refractivity contribution is 0.213. The van der Waals surface area contributed by atoms with Gasteiger partial charge in [0.1, 0.15) is 5.82 Å². The van der Waals surface area contributed by atoms with Crippen LogP contribution < -0.4 is 5.32 Å². The second kappa shape index (κ2) is 4.13. The summed E-state index contributed by atoms with van der Waals surface area (Å²) in [6.07, 6.45) is 3.57. The summed E-state index contributed by atoms with van der Waals surface area (Å²) < 4.78 is 1.89. The van der Waals surface area contributed by atoms with E-state index < -0.39 is 0 Å². The van der Waals surface area contributed by atoms with E-state index >= 15 is 0 Å². The molecule has 14 heavy (non-hydrogen) atoms. The molecule has 0 aliphatic carbocycles. The zero-order chi connectivity index (χ0) is 10.7. The molecule has 5 heteroatoms. The number of aryl methyl sites for hydroxylation is 1. The van der Waals surface area contributed by atoms with E-state index in [2.05, 4.69) is 10.3 Å². The molecule has 0 bridgehead atoms. The predicted octanol–water partition coefficient (Wildman–Crippen LogP) is 0.752. The number of aromatic nitrogens is 2. The van der Waals surface area contributed by atoms with Gasteiger partial charge in [0.2, 0.25) is 0 Å².